The molecule has 0 aliphatic heterocycles. The van der Waals surface area contributed by atoms with Crippen LogP contribution in [0.25, 0.3) is 0 Å². The number of hydrogen-bond donors (Lipinski definition) is 0. The fraction of sp³-hybridized carbons (Fsp3) is 0. The summed E-state index contributed by atoms with van der Waals surface area (Å²) in [6, 6.07) is 0. The Labute approximate surface area is 165 Å². The van der Waals surface area contributed by atoms with E-state index in [1.54, 1.807) is 0 Å². The maximum atomic E-state index is 8.33. The van der Waals surface area contributed by atoms with Crippen LogP contribution < -0.4 is 158 Å². The van der Waals surface area contributed by atoms with E-state index >= 15 is 0 Å². The van der Waals surface area contributed by atoms with E-state index in [0.717, 1.165) is 0 Å². The van der Waals surface area contributed by atoms with Gasteiger partial charge >= 0.3 is 148 Å². The molecule has 0 saturated carbocycles. The Morgan fingerprint density at radius 2 is 0.778 bits per heavy atom. The van der Waals surface area contributed by atoms with E-state index < -0.39 is 6.16 Å². The molecule has 0 heterocycles. The second-order valence-electron chi connectivity index (χ2n) is 0.250. The average Bonchev–Trinajstić information content (AvgIpc) is 0.811. The average molecular weight is 175 g/mol. The molecule has 0 N–H and O–H groups in total. The first-order valence-corrected chi connectivity index (χ1v) is 0.612. The van der Waals surface area contributed by atoms with Gasteiger partial charge in [0.15, 0.2) is 0 Å². The Balaban J connectivity index is -0.00000000450. The molecule has 0 aromatic heterocycles. The van der Waals surface area contributed by atoms with Crippen LogP contribution in [0.4, 0.5) is 4.79 Å². The van der Waals surface area contributed by atoms with Crippen LogP contribution in [0.15, 0.2) is 0 Å². The molecule has 0 radical (unpaired) electrons. The van der Waals surface area contributed by atoms with Gasteiger partial charge in [-0.15, -0.1) is 0 Å². The van der Waals surface area contributed by atoms with Crippen LogP contribution in [0.2, 0.25) is 0 Å². The molecule has 0 spiro atoms. The number of carbonyl (C=O) groups is 1. The van der Waals surface area contributed by atoms with Gasteiger partial charge in [0.1, 0.15) is 0 Å². The van der Waals surface area contributed by atoms with Crippen LogP contribution in [0.3, 0.4) is 0 Å². The molecule has 8 heteroatoms. The van der Waals surface area contributed by atoms with E-state index in [1.807, 2.05) is 0 Å². The van der Waals surface area contributed by atoms with Crippen LogP contribution in [-0.4, -0.2) is 6.16 Å². The number of carbonyl (C=O) groups excluding carboxylic acids is 1. The second kappa shape index (κ2) is 29.5. The third-order valence-corrected chi connectivity index (χ3v) is 0. The molecular weight excluding hydrogens is 175 g/mol. The fourth-order valence-corrected chi connectivity index (χ4v) is 0. The van der Waals surface area contributed by atoms with E-state index in [1.165, 1.54) is 0 Å². The molecule has 0 saturated heterocycles. The Morgan fingerprint density at radius 1 is 0.778 bits per heavy atom. The van der Waals surface area contributed by atoms with Gasteiger partial charge in [-0.05, 0) is 6.16 Å². The molecule has 0 aromatic rings. The zero-order valence-corrected chi connectivity index (χ0v) is 16.7. The third kappa shape index (κ3) is 71.0. The van der Waals surface area contributed by atoms with Crippen molar-refractivity contribution in [2.75, 3.05) is 0 Å². The van der Waals surface area contributed by atoms with Crippen LogP contribution in [0.5, 0.6) is 0 Å². The molecule has 0 unspecified atom stereocenters. The SMILES string of the molecule is O=C([O-])[O-].[Na+].[Na+].[Na+].[Na+].[Na+]. The van der Waals surface area contributed by atoms with Gasteiger partial charge in [-0.3, -0.25) is 0 Å². The summed E-state index contributed by atoms with van der Waals surface area (Å²) in [5, 5.41) is 16.7. The summed E-state index contributed by atoms with van der Waals surface area (Å²) in [5.41, 5.74) is 0. The summed E-state index contributed by atoms with van der Waals surface area (Å²) in [6.45, 7) is 0. The van der Waals surface area contributed by atoms with Crippen molar-refractivity contribution >= 4 is 6.16 Å². The monoisotopic (exact) mass is 175 g/mol. The molecule has 0 amide bonds. The van der Waals surface area contributed by atoms with Gasteiger partial charge in [-0.1, -0.05) is 0 Å². The molecule has 0 atom stereocenters. The van der Waals surface area contributed by atoms with Crippen LogP contribution >= 0.6 is 0 Å². The maximum absolute atomic E-state index is 8.33. The second-order valence-corrected chi connectivity index (χ2v) is 0.250. The van der Waals surface area contributed by atoms with E-state index in [2.05, 4.69) is 0 Å². The van der Waals surface area contributed by atoms with Crippen molar-refractivity contribution in [3.05, 3.63) is 0 Å². The van der Waals surface area contributed by atoms with Crippen molar-refractivity contribution in [3.8, 4) is 0 Å². The standard InChI is InChI=1S/CH2O3.5Na/c2-1(3)4;;;;;/h(H2,2,3,4);;;;;/q;5*+1/p-2. The predicted octanol–water partition coefficient (Wildman–Crippen LogP) is -17.4. The molecule has 0 aromatic carbocycles. The molecule has 0 rings (SSSR count). The van der Waals surface area contributed by atoms with Crippen LogP contribution in [-0.2, 0) is 0 Å². The Bertz CT molecular complexity index is 35.2. The van der Waals surface area contributed by atoms with Gasteiger partial charge in [0.2, 0.25) is 0 Å². The molecule has 0 bridgehead atoms. The minimum absolute atomic E-state index is 0. The van der Waals surface area contributed by atoms with Crippen molar-refractivity contribution in [1.82, 2.24) is 0 Å². The zero-order chi connectivity index (χ0) is 3.58. The van der Waals surface area contributed by atoms with Crippen LogP contribution in [0.1, 0.15) is 0 Å². The fourth-order valence-electron chi connectivity index (χ4n) is 0. The van der Waals surface area contributed by atoms with Crippen molar-refractivity contribution in [1.29, 1.82) is 0 Å². The first kappa shape index (κ1) is 37.8. The van der Waals surface area contributed by atoms with Gasteiger partial charge in [0.25, 0.3) is 0 Å². The number of carboxylic acid groups (broad SMARTS) is 2. The van der Waals surface area contributed by atoms with E-state index in [0.29, 0.717) is 0 Å². The Kier molecular flexibility index (Phi) is 124. The molecule has 9 heavy (non-hydrogen) atoms. The zero-order valence-electron chi connectivity index (χ0n) is 6.72. The molecule has 0 aliphatic rings. The van der Waals surface area contributed by atoms with Crippen molar-refractivity contribution in [3.63, 3.8) is 0 Å². The largest absolute Gasteiger partial charge is 1.00 e. The predicted molar refractivity (Wildman–Crippen MR) is 5.40 cm³/mol. The summed E-state index contributed by atoms with van der Waals surface area (Å²) in [5.74, 6) is 0. The van der Waals surface area contributed by atoms with Crippen molar-refractivity contribution in [2.45, 2.75) is 0 Å². The molecular formula is CNa5O3+3. The molecule has 3 nitrogen and oxygen atoms in total. The van der Waals surface area contributed by atoms with E-state index in [4.69, 9.17) is 15.0 Å². The summed E-state index contributed by atoms with van der Waals surface area (Å²) in [6.07, 6.45) is -2.33. The first-order chi connectivity index (χ1) is 1.73. The summed E-state index contributed by atoms with van der Waals surface area (Å²) in [7, 11) is 0. The molecule has 0 fully saturated rings. The van der Waals surface area contributed by atoms with Gasteiger partial charge < -0.3 is 15.0 Å². The summed E-state index contributed by atoms with van der Waals surface area (Å²) < 4.78 is 0. The van der Waals surface area contributed by atoms with Gasteiger partial charge in [-0.2, -0.15) is 0 Å². The van der Waals surface area contributed by atoms with E-state index in [9.17, 15) is 0 Å². The first-order valence-electron chi connectivity index (χ1n) is 0.612. The molecule has 24 valence electrons. The smallest absolute Gasteiger partial charge is 0.652 e. The topological polar surface area (TPSA) is 63.2 Å². The quantitative estimate of drug-likeness (QED) is 0.343. The third-order valence-electron chi connectivity index (χ3n) is 0. The van der Waals surface area contributed by atoms with E-state index in [-0.39, 0.29) is 148 Å². The number of rotatable bonds is 0. The Morgan fingerprint density at radius 3 is 0.778 bits per heavy atom. The van der Waals surface area contributed by atoms with Crippen molar-refractivity contribution in [2.24, 2.45) is 0 Å². The van der Waals surface area contributed by atoms with Gasteiger partial charge in [0, 0.05) is 0 Å². The number of hydrogen-bond acceptors (Lipinski definition) is 3. The maximum Gasteiger partial charge on any atom is 1.00 e. The van der Waals surface area contributed by atoms with Crippen molar-refractivity contribution < 1.29 is 163 Å². The Hall–Kier alpha value is 4.27. The van der Waals surface area contributed by atoms with Crippen LogP contribution in [0, 0.1) is 0 Å². The normalized spacial score (nSPS) is 2.67. The van der Waals surface area contributed by atoms with Gasteiger partial charge in [0.05, 0.1) is 0 Å². The summed E-state index contributed by atoms with van der Waals surface area (Å²) in [4.78, 5) is 8.33. The minimum atomic E-state index is -2.33. The summed E-state index contributed by atoms with van der Waals surface area (Å²) >= 11 is 0. The van der Waals surface area contributed by atoms with Gasteiger partial charge in [-0.25, -0.2) is 0 Å². The molecule has 0 aliphatic carbocycles. The minimum Gasteiger partial charge on any atom is -0.652 e.